The molecule has 2 heterocycles. The molecule has 0 unspecified atom stereocenters. The zero-order valence-corrected chi connectivity index (χ0v) is 14.1. The molecule has 1 amide bonds. The van der Waals surface area contributed by atoms with Crippen molar-refractivity contribution in [1.29, 1.82) is 0 Å². The maximum absolute atomic E-state index is 12.0. The summed E-state index contributed by atoms with van der Waals surface area (Å²) in [6.07, 6.45) is 3.93. The van der Waals surface area contributed by atoms with Crippen LogP contribution in [0.5, 0.6) is 17.2 Å². The second-order valence-electron chi connectivity index (χ2n) is 5.87. The predicted octanol–water partition coefficient (Wildman–Crippen LogP) is 3.20. The fraction of sp³-hybridized carbons (Fsp3) is 0.211. The third kappa shape index (κ3) is 3.42. The van der Waals surface area contributed by atoms with E-state index in [2.05, 4.69) is 5.32 Å². The maximum atomic E-state index is 12.0. The second kappa shape index (κ2) is 6.69. The number of carbonyl (C=O) groups is 1. The van der Waals surface area contributed by atoms with E-state index >= 15 is 0 Å². The minimum absolute atomic E-state index is 0.0327. The van der Waals surface area contributed by atoms with Crippen molar-refractivity contribution in [2.75, 3.05) is 13.3 Å². The molecule has 128 valence electrons. The van der Waals surface area contributed by atoms with Crippen LogP contribution in [0.2, 0.25) is 5.02 Å². The van der Waals surface area contributed by atoms with Gasteiger partial charge < -0.3 is 19.5 Å². The maximum Gasteiger partial charge on any atom is 0.244 e. The number of halogens is 1. The van der Waals surface area contributed by atoms with Crippen LogP contribution in [0.3, 0.4) is 0 Å². The number of fused-ring (bicyclic) bond motifs is 2. The van der Waals surface area contributed by atoms with Gasteiger partial charge in [0, 0.05) is 12.5 Å². The van der Waals surface area contributed by atoms with Crippen LogP contribution in [0, 0.1) is 0 Å². The van der Waals surface area contributed by atoms with Gasteiger partial charge in [0.2, 0.25) is 12.7 Å². The van der Waals surface area contributed by atoms with Crippen LogP contribution >= 0.6 is 11.6 Å². The highest BCUT2D eigenvalue weighted by molar-refractivity contribution is 6.32. The van der Waals surface area contributed by atoms with Gasteiger partial charge in [0.15, 0.2) is 11.5 Å². The van der Waals surface area contributed by atoms with E-state index in [0.717, 1.165) is 17.7 Å². The first-order valence-electron chi connectivity index (χ1n) is 7.98. The van der Waals surface area contributed by atoms with E-state index in [4.69, 9.17) is 25.8 Å². The highest BCUT2D eigenvalue weighted by atomic mass is 35.5. The van der Waals surface area contributed by atoms with Crippen LogP contribution < -0.4 is 19.5 Å². The van der Waals surface area contributed by atoms with Crippen molar-refractivity contribution < 1.29 is 19.0 Å². The molecule has 0 spiro atoms. The predicted molar refractivity (Wildman–Crippen MR) is 94.2 cm³/mol. The van der Waals surface area contributed by atoms with Gasteiger partial charge in [-0.2, -0.15) is 0 Å². The van der Waals surface area contributed by atoms with Crippen molar-refractivity contribution in [3.05, 3.63) is 58.6 Å². The molecule has 0 saturated carbocycles. The Morgan fingerprint density at radius 2 is 2.12 bits per heavy atom. The van der Waals surface area contributed by atoms with Gasteiger partial charge in [0.25, 0.3) is 0 Å². The number of amides is 1. The number of ether oxygens (including phenoxy) is 3. The van der Waals surface area contributed by atoms with E-state index in [1.807, 2.05) is 24.3 Å². The summed E-state index contributed by atoms with van der Waals surface area (Å²) in [5.41, 5.74) is 1.95. The third-order valence-electron chi connectivity index (χ3n) is 4.09. The lowest BCUT2D eigenvalue weighted by atomic mass is 10.1. The lowest BCUT2D eigenvalue weighted by Crippen LogP contribution is -2.33. The van der Waals surface area contributed by atoms with Crippen molar-refractivity contribution in [1.82, 2.24) is 5.32 Å². The normalized spacial score (nSPS) is 17.4. The number of nitrogens with one attached hydrogen (secondary N) is 1. The summed E-state index contributed by atoms with van der Waals surface area (Å²) in [4.78, 5) is 12.0. The topological polar surface area (TPSA) is 56.8 Å². The molecule has 2 aromatic rings. The Morgan fingerprint density at radius 1 is 1.24 bits per heavy atom. The van der Waals surface area contributed by atoms with Gasteiger partial charge in [-0.1, -0.05) is 29.8 Å². The summed E-state index contributed by atoms with van der Waals surface area (Å²) in [5.74, 6) is 1.84. The number of benzene rings is 2. The molecular formula is C19H16ClNO4. The third-order valence-corrected chi connectivity index (χ3v) is 4.38. The van der Waals surface area contributed by atoms with E-state index in [1.54, 1.807) is 18.2 Å². The number of carbonyl (C=O) groups excluding carboxylic acids is 1. The first-order valence-corrected chi connectivity index (χ1v) is 8.36. The fourth-order valence-corrected chi connectivity index (χ4v) is 3.17. The van der Waals surface area contributed by atoms with Crippen molar-refractivity contribution >= 4 is 23.6 Å². The molecule has 0 aliphatic carbocycles. The average molecular weight is 358 g/mol. The van der Waals surface area contributed by atoms with Crippen LogP contribution in [0.4, 0.5) is 0 Å². The fourth-order valence-electron chi connectivity index (χ4n) is 2.90. The molecule has 0 fully saturated rings. The number of hydrogen-bond acceptors (Lipinski definition) is 4. The van der Waals surface area contributed by atoms with Gasteiger partial charge >= 0.3 is 0 Å². The molecule has 2 aromatic carbocycles. The van der Waals surface area contributed by atoms with Gasteiger partial charge in [0.05, 0.1) is 11.6 Å². The van der Waals surface area contributed by atoms with Crippen LogP contribution in [0.15, 0.2) is 42.5 Å². The minimum Gasteiger partial charge on any atom is -0.488 e. The second-order valence-corrected chi connectivity index (χ2v) is 6.27. The molecule has 0 saturated heterocycles. The van der Waals surface area contributed by atoms with E-state index < -0.39 is 0 Å². The van der Waals surface area contributed by atoms with Crippen molar-refractivity contribution in [2.45, 2.75) is 12.5 Å². The van der Waals surface area contributed by atoms with Gasteiger partial charge in [-0.25, -0.2) is 0 Å². The number of rotatable bonds is 4. The molecule has 2 aliphatic heterocycles. The molecule has 25 heavy (non-hydrogen) atoms. The van der Waals surface area contributed by atoms with Crippen molar-refractivity contribution in [2.24, 2.45) is 0 Å². The Hall–Kier alpha value is -2.66. The summed E-state index contributed by atoms with van der Waals surface area (Å²) < 4.78 is 16.4. The molecule has 1 N–H and O–H groups in total. The summed E-state index contributed by atoms with van der Waals surface area (Å²) in [6, 6.07) is 11.4. The summed E-state index contributed by atoms with van der Waals surface area (Å²) in [6.45, 7) is 0.617. The lowest BCUT2D eigenvalue weighted by Gasteiger charge is -2.10. The van der Waals surface area contributed by atoms with Gasteiger partial charge in [0.1, 0.15) is 11.9 Å². The molecule has 0 bridgehead atoms. The Balaban J connectivity index is 1.32. The highest BCUT2D eigenvalue weighted by Gasteiger charge is 2.22. The minimum atomic E-state index is -0.187. The van der Waals surface area contributed by atoms with Gasteiger partial charge in [-0.05, 0) is 35.4 Å². The van der Waals surface area contributed by atoms with Crippen LogP contribution in [-0.4, -0.2) is 25.3 Å². The van der Waals surface area contributed by atoms with E-state index in [0.29, 0.717) is 23.1 Å². The Morgan fingerprint density at radius 3 is 3.00 bits per heavy atom. The zero-order chi connectivity index (χ0) is 17.2. The lowest BCUT2D eigenvalue weighted by molar-refractivity contribution is -0.116. The smallest absolute Gasteiger partial charge is 0.244 e. The SMILES string of the molecule is O=C(/C=C\c1cc(Cl)c2c(c1)OCO2)NC[C@@H]1Cc2ccccc2O1. The molecule has 5 nitrogen and oxygen atoms in total. The largest absolute Gasteiger partial charge is 0.488 e. The van der Waals surface area contributed by atoms with E-state index in [-0.39, 0.29) is 18.8 Å². The number of para-hydroxylation sites is 1. The molecular weight excluding hydrogens is 342 g/mol. The first-order chi connectivity index (χ1) is 12.2. The van der Waals surface area contributed by atoms with Crippen molar-refractivity contribution in [3.63, 3.8) is 0 Å². The summed E-state index contributed by atoms with van der Waals surface area (Å²) >= 11 is 6.13. The molecule has 4 rings (SSSR count). The van der Waals surface area contributed by atoms with Gasteiger partial charge in [-0.3, -0.25) is 4.79 Å². The van der Waals surface area contributed by atoms with E-state index in [9.17, 15) is 4.79 Å². The zero-order valence-electron chi connectivity index (χ0n) is 13.3. The van der Waals surface area contributed by atoms with Crippen LogP contribution in [0.25, 0.3) is 6.08 Å². The molecule has 2 aliphatic rings. The van der Waals surface area contributed by atoms with Crippen LogP contribution in [0.1, 0.15) is 11.1 Å². The van der Waals surface area contributed by atoms with Crippen molar-refractivity contribution in [3.8, 4) is 17.2 Å². The van der Waals surface area contributed by atoms with Crippen LogP contribution in [-0.2, 0) is 11.2 Å². The Kier molecular flexibility index (Phi) is 4.24. The monoisotopic (exact) mass is 357 g/mol. The molecule has 0 radical (unpaired) electrons. The highest BCUT2D eigenvalue weighted by Crippen LogP contribution is 2.40. The van der Waals surface area contributed by atoms with Gasteiger partial charge in [-0.15, -0.1) is 0 Å². The molecule has 0 aromatic heterocycles. The summed E-state index contributed by atoms with van der Waals surface area (Å²) in [7, 11) is 0. The summed E-state index contributed by atoms with van der Waals surface area (Å²) in [5, 5.41) is 3.32. The van der Waals surface area contributed by atoms with E-state index in [1.165, 1.54) is 11.6 Å². The quantitative estimate of drug-likeness (QED) is 0.854. The number of hydrogen-bond donors (Lipinski definition) is 1. The Bertz CT molecular complexity index is 824. The standard InChI is InChI=1S/C19H16ClNO4/c20-15-7-12(8-17-19(15)24-11-23-17)5-6-18(22)21-10-14-9-13-3-1-2-4-16(13)25-14/h1-8,14H,9-11H2,(H,21,22)/b6-5-/t14-/m0/s1. The molecule has 6 heteroatoms. The Labute approximate surface area is 150 Å². The average Bonchev–Trinajstić information content (AvgIpc) is 3.24. The first kappa shape index (κ1) is 15.8. The molecule has 1 atom stereocenters.